The minimum Gasteiger partial charge on any atom is -0.497 e. The van der Waals surface area contributed by atoms with E-state index in [1.807, 2.05) is 73.3 Å². The molecule has 1 heterocycles. The van der Waals surface area contributed by atoms with E-state index in [1.54, 1.807) is 7.11 Å². The monoisotopic (exact) mass is 410 g/mol. The molecule has 1 saturated heterocycles. The van der Waals surface area contributed by atoms with Gasteiger partial charge >= 0.3 is 6.03 Å². The summed E-state index contributed by atoms with van der Waals surface area (Å²) in [6.07, 6.45) is 0. The van der Waals surface area contributed by atoms with Crippen molar-refractivity contribution in [1.82, 2.24) is 10.2 Å². The number of hydrogen-bond donors (Lipinski definition) is 2. The average molecular weight is 411 g/mol. The number of urea groups is 1. The minimum atomic E-state index is -0.572. The maximum absolute atomic E-state index is 13.1. The Morgan fingerprint density at radius 2 is 1.67 bits per heavy atom. The molecule has 2 aromatic carbocycles. The Bertz CT molecular complexity index is 849. The first-order valence-electron chi connectivity index (χ1n) is 10.3. The molecule has 7 heteroatoms. The molecule has 2 N–H and O–H groups in total. The number of piperazine rings is 1. The lowest BCUT2D eigenvalue weighted by Crippen LogP contribution is -2.57. The molecular formula is C23H30N4O3. The molecule has 0 bridgehead atoms. The number of ether oxygens (including phenoxy) is 1. The van der Waals surface area contributed by atoms with Gasteiger partial charge in [-0.25, -0.2) is 4.79 Å². The lowest BCUT2D eigenvalue weighted by Gasteiger charge is -2.38. The molecule has 3 amide bonds. The van der Waals surface area contributed by atoms with E-state index >= 15 is 0 Å². The molecule has 0 aliphatic carbocycles. The Morgan fingerprint density at radius 3 is 2.30 bits per heavy atom. The van der Waals surface area contributed by atoms with Crippen LogP contribution in [0.4, 0.5) is 16.2 Å². The van der Waals surface area contributed by atoms with Crippen molar-refractivity contribution in [3.63, 3.8) is 0 Å². The second-order valence-corrected chi connectivity index (χ2v) is 7.70. The molecule has 2 aromatic rings. The molecule has 1 aliphatic heterocycles. The number of carbonyl (C=O) groups excluding carboxylic acids is 2. The second-order valence-electron chi connectivity index (χ2n) is 7.70. The predicted octanol–water partition coefficient (Wildman–Crippen LogP) is 3.19. The molecule has 1 fully saturated rings. The van der Waals surface area contributed by atoms with E-state index in [2.05, 4.69) is 15.5 Å². The predicted molar refractivity (Wildman–Crippen MR) is 119 cm³/mol. The highest BCUT2D eigenvalue weighted by Crippen LogP contribution is 2.22. The number of anilines is 2. The van der Waals surface area contributed by atoms with Crippen LogP contribution in [0.3, 0.4) is 0 Å². The number of nitrogens with zero attached hydrogens (tertiary/aromatic N) is 2. The van der Waals surface area contributed by atoms with Crippen LogP contribution in [0.2, 0.25) is 0 Å². The third kappa shape index (κ3) is 5.43. The van der Waals surface area contributed by atoms with Crippen LogP contribution in [0, 0.1) is 5.92 Å². The standard InChI is InChI=1S/C23H30N4O3/c1-17(2)21(25-23(29)24-18-8-5-4-6-9-18)22(28)27-14-12-26(13-15-27)19-10-7-11-20(16-19)30-3/h4-11,16-17,21H,12-15H2,1-3H3,(H2,24,25,29). The van der Waals surface area contributed by atoms with E-state index < -0.39 is 6.04 Å². The normalized spacial score (nSPS) is 14.9. The molecular weight excluding hydrogens is 380 g/mol. The molecule has 0 aromatic heterocycles. The maximum atomic E-state index is 13.1. The number of benzene rings is 2. The van der Waals surface area contributed by atoms with Gasteiger partial charge in [0.1, 0.15) is 11.8 Å². The van der Waals surface area contributed by atoms with E-state index in [0.717, 1.165) is 24.5 Å². The Balaban J connectivity index is 1.57. The van der Waals surface area contributed by atoms with Crippen molar-refractivity contribution in [3.05, 3.63) is 54.6 Å². The SMILES string of the molecule is COc1cccc(N2CCN(C(=O)C(NC(=O)Nc3ccccc3)C(C)C)CC2)c1. The van der Waals surface area contributed by atoms with Gasteiger partial charge in [0.25, 0.3) is 0 Å². The van der Waals surface area contributed by atoms with Gasteiger partial charge in [0.15, 0.2) is 0 Å². The van der Waals surface area contributed by atoms with Gasteiger partial charge in [-0.05, 0) is 30.2 Å². The summed E-state index contributed by atoms with van der Waals surface area (Å²) in [5.74, 6) is 0.758. The first-order valence-corrected chi connectivity index (χ1v) is 10.3. The van der Waals surface area contributed by atoms with Crippen molar-refractivity contribution >= 4 is 23.3 Å². The molecule has 30 heavy (non-hydrogen) atoms. The van der Waals surface area contributed by atoms with Gasteiger partial charge in [-0.15, -0.1) is 0 Å². The van der Waals surface area contributed by atoms with Crippen LogP contribution >= 0.6 is 0 Å². The zero-order valence-electron chi connectivity index (χ0n) is 17.8. The molecule has 1 atom stereocenters. The summed E-state index contributed by atoms with van der Waals surface area (Å²) in [4.78, 5) is 29.6. The van der Waals surface area contributed by atoms with Crippen molar-refractivity contribution in [1.29, 1.82) is 0 Å². The Hall–Kier alpha value is -3.22. The summed E-state index contributed by atoms with van der Waals surface area (Å²) < 4.78 is 5.31. The first kappa shape index (κ1) is 21.5. The summed E-state index contributed by atoms with van der Waals surface area (Å²) in [5.41, 5.74) is 1.78. The number of methoxy groups -OCH3 is 1. The van der Waals surface area contributed by atoms with Crippen LogP contribution in [-0.2, 0) is 4.79 Å². The molecule has 7 nitrogen and oxygen atoms in total. The second kappa shape index (κ2) is 10.0. The fourth-order valence-electron chi connectivity index (χ4n) is 3.53. The van der Waals surface area contributed by atoms with Gasteiger partial charge in [0.2, 0.25) is 5.91 Å². The highest BCUT2D eigenvalue weighted by atomic mass is 16.5. The topological polar surface area (TPSA) is 73.9 Å². The van der Waals surface area contributed by atoms with Crippen LogP contribution in [-0.4, -0.2) is 56.2 Å². The van der Waals surface area contributed by atoms with Gasteiger partial charge in [0, 0.05) is 43.6 Å². The highest BCUT2D eigenvalue weighted by molar-refractivity contribution is 5.93. The summed E-state index contributed by atoms with van der Waals surface area (Å²) in [6, 6.07) is 16.2. The van der Waals surface area contributed by atoms with Crippen molar-refractivity contribution in [2.24, 2.45) is 5.92 Å². The van der Waals surface area contributed by atoms with Crippen molar-refractivity contribution in [3.8, 4) is 5.75 Å². The molecule has 0 radical (unpaired) electrons. The van der Waals surface area contributed by atoms with Crippen molar-refractivity contribution < 1.29 is 14.3 Å². The molecule has 1 unspecified atom stereocenters. The molecule has 160 valence electrons. The third-order valence-electron chi connectivity index (χ3n) is 5.26. The number of amides is 3. The van der Waals surface area contributed by atoms with Crippen LogP contribution in [0.5, 0.6) is 5.75 Å². The first-order chi connectivity index (χ1) is 14.5. The highest BCUT2D eigenvalue weighted by Gasteiger charge is 2.30. The number of hydrogen-bond acceptors (Lipinski definition) is 4. The molecule has 3 rings (SSSR count). The number of carbonyl (C=O) groups is 2. The van der Waals surface area contributed by atoms with Crippen LogP contribution in [0.15, 0.2) is 54.6 Å². The van der Waals surface area contributed by atoms with Crippen LogP contribution in [0.25, 0.3) is 0 Å². The largest absolute Gasteiger partial charge is 0.497 e. The third-order valence-corrected chi connectivity index (χ3v) is 5.26. The molecule has 0 saturated carbocycles. The quantitative estimate of drug-likeness (QED) is 0.767. The summed E-state index contributed by atoms with van der Waals surface area (Å²) in [7, 11) is 1.66. The number of para-hydroxylation sites is 1. The Labute approximate surface area is 178 Å². The fourth-order valence-corrected chi connectivity index (χ4v) is 3.53. The molecule has 0 spiro atoms. The lowest BCUT2D eigenvalue weighted by molar-refractivity contribution is -0.134. The fraction of sp³-hybridized carbons (Fsp3) is 0.391. The van der Waals surface area contributed by atoms with Gasteiger partial charge in [-0.3, -0.25) is 4.79 Å². The Morgan fingerprint density at radius 1 is 0.967 bits per heavy atom. The van der Waals surface area contributed by atoms with Gasteiger partial charge < -0.3 is 25.2 Å². The summed E-state index contributed by atoms with van der Waals surface area (Å²) in [5, 5.41) is 5.63. The zero-order valence-corrected chi connectivity index (χ0v) is 17.8. The Kier molecular flexibility index (Phi) is 7.17. The van der Waals surface area contributed by atoms with E-state index in [1.165, 1.54) is 0 Å². The summed E-state index contributed by atoms with van der Waals surface area (Å²) >= 11 is 0. The smallest absolute Gasteiger partial charge is 0.319 e. The van der Waals surface area contributed by atoms with Gasteiger partial charge in [0.05, 0.1) is 7.11 Å². The van der Waals surface area contributed by atoms with E-state index in [0.29, 0.717) is 18.8 Å². The minimum absolute atomic E-state index is 0.0181. The summed E-state index contributed by atoms with van der Waals surface area (Å²) in [6.45, 7) is 6.58. The molecule has 1 aliphatic rings. The van der Waals surface area contributed by atoms with Gasteiger partial charge in [-0.1, -0.05) is 38.1 Å². The van der Waals surface area contributed by atoms with Gasteiger partial charge in [-0.2, -0.15) is 0 Å². The van der Waals surface area contributed by atoms with Crippen molar-refractivity contribution in [2.45, 2.75) is 19.9 Å². The zero-order chi connectivity index (χ0) is 21.5. The van der Waals surface area contributed by atoms with E-state index in [4.69, 9.17) is 4.74 Å². The van der Waals surface area contributed by atoms with Crippen LogP contribution in [0.1, 0.15) is 13.8 Å². The number of nitrogens with one attached hydrogen (secondary N) is 2. The van der Waals surface area contributed by atoms with Crippen molar-refractivity contribution in [2.75, 3.05) is 43.5 Å². The van der Waals surface area contributed by atoms with E-state index in [-0.39, 0.29) is 17.9 Å². The number of rotatable bonds is 6. The van der Waals surface area contributed by atoms with E-state index in [9.17, 15) is 9.59 Å². The maximum Gasteiger partial charge on any atom is 0.319 e. The average Bonchev–Trinajstić information content (AvgIpc) is 2.77. The van der Waals surface area contributed by atoms with Crippen LogP contribution < -0.4 is 20.3 Å². The lowest BCUT2D eigenvalue weighted by atomic mass is 10.0.